The van der Waals surface area contributed by atoms with E-state index in [9.17, 15) is 9.50 Å². The van der Waals surface area contributed by atoms with Crippen molar-refractivity contribution in [3.05, 3.63) is 52.7 Å². The number of phenolic OH excluding ortho intramolecular Hbond substituents is 1. The van der Waals surface area contributed by atoms with Crippen molar-refractivity contribution >= 4 is 28.0 Å². The summed E-state index contributed by atoms with van der Waals surface area (Å²) in [5.41, 5.74) is 8.37. The maximum absolute atomic E-state index is 14.0. The zero-order valence-corrected chi connectivity index (χ0v) is 15.0. The largest absolute Gasteiger partial charge is 0.507 e. The van der Waals surface area contributed by atoms with Crippen LogP contribution in [0.25, 0.3) is 0 Å². The Balaban J connectivity index is 2.07. The van der Waals surface area contributed by atoms with Gasteiger partial charge >= 0.3 is 0 Å². The molecule has 0 radical (unpaired) electrons. The van der Waals surface area contributed by atoms with Gasteiger partial charge in [0.25, 0.3) is 0 Å². The summed E-state index contributed by atoms with van der Waals surface area (Å²) >= 11 is 3.31. The fourth-order valence-corrected chi connectivity index (χ4v) is 2.46. The zero-order valence-electron chi connectivity index (χ0n) is 13.5. The van der Waals surface area contributed by atoms with Crippen LogP contribution >= 0.6 is 15.9 Å². The number of halogens is 2. The highest BCUT2D eigenvalue weighted by atomic mass is 79.9. The molecule has 1 aliphatic heterocycles. The van der Waals surface area contributed by atoms with E-state index in [1.54, 1.807) is 17.0 Å². The van der Waals surface area contributed by atoms with E-state index in [2.05, 4.69) is 38.0 Å². The summed E-state index contributed by atoms with van der Waals surface area (Å²) in [6.07, 6.45) is 2.26. The molecule has 2 rings (SSSR count). The van der Waals surface area contributed by atoms with Gasteiger partial charge in [0.15, 0.2) is 11.7 Å². The number of nitrogens with one attached hydrogen (secondary N) is 1. The van der Waals surface area contributed by atoms with Crippen molar-refractivity contribution in [2.45, 2.75) is 0 Å². The third kappa shape index (κ3) is 5.57. The number of aromatic hydroxyl groups is 1. The molecule has 25 heavy (non-hydrogen) atoms. The summed E-state index contributed by atoms with van der Waals surface area (Å²) in [7, 11) is 0. The van der Waals surface area contributed by atoms with Crippen LogP contribution in [0.4, 0.5) is 4.39 Å². The average Bonchev–Trinajstić information content (AvgIpc) is 2.62. The van der Waals surface area contributed by atoms with E-state index in [1.165, 1.54) is 12.3 Å². The van der Waals surface area contributed by atoms with Crippen LogP contribution < -0.4 is 11.2 Å². The Morgan fingerprint density at radius 1 is 1.44 bits per heavy atom. The average molecular weight is 412 g/mol. The van der Waals surface area contributed by atoms with Crippen LogP contribution in [-0.4, -0.2) is 48.4 Å². The number of amidine groups is 1. The predicted molar refractivity (Wildman–Crippen MR) is 98.9 cm³/mol. The first kappa shape index (κ1) is 18.9. The second-order valence-electron chi connectivity index (χ2n) is 5.07. The minimum absolute atomic E-state index is 0.0730. The molecule has 0 saturated carbocycles. The molecule has 1 aliphatic rings. The topological polar surface area (TPSA) is 95.5 Å². The Morgan fingerprint density at radius 3 is 2.84 bits per heavy atom. The van der Waals surface area contributed by atoms with Gasteiger partial charge in [-0.3, -0.25) is 5.43 Å². The van der Waals surface area contributed by atoms with Gasteiger partial charge in [0.05, 0.1) is 19.4 Å². The van der Waals surface area contributed by atoms with E-state index in [0.29, 0.717) is 31.9 Å². The number of nitrogens with zero attached hydrogens (tertiary/aromatic N) is 3. The van der Waals surface area contributed by atoms with Crippen LogP contribution in [0.3, 0.4) is 0 Å². The first-order valence-electron chi connectivity index (χ1n) is 7.47. The van der Waals surface area contributed by atoms with E-state index in [1.807, 2.05) is 0 Å². The lowest BCUT2D eigenvalue weighted by molar-refractivity contribution is 0.0676. The molecular weight excluding hydrogens is 393 g/mol. The van der Waals surface area contributed by atoms with Gasteiger partial charge in [-0.2, -0.15) is 5.10 Å². The predicted octanol–water partition coefficient (Wildman–Crippen LogP) is 2.05. The first-order valence-corrected chi connectivity index (χ1v) is 8.26. The van der Waals surface area contributed by atoms with Crippen molar-refractivity contribution in [2.24, 2.45) is 15.8 Å². The molecule has 1 aromatic rings. The van der Waals surface area contributed by atoms with Gasteiger partial charge < -0.3 is 20.5 Å². The van der Waals surface area contributed by atoms with E-state index < -0.39 is 5.83 Å². The SMILES string of the molecule is C=C(/N=C(\C(F)=C/N)N1CCOCC1)N/N=C/c1cc(Br)ccc1O. The van der Waals surface area contributed by atoms with Crippen molar-refractivity contribution in [1.82, 2.24) is 10.3 Å². The standard InChI is InChI=1S/C16H19BrFN5O2/c1-11(22-20-10-12-8-13(17)2-3-15(12)24)21-16(14(18)9-19)23-4-6-25-7-5-23/h2-3,8-10,22,24H,1,4-7,19H2/b14-9+,20-10+,21-16+. The molecule has 1 fully saturated rings. The van der Waals surface area contributed by atoms with E-state index in [-0.39, 0.29) is 17.4 Å². The molecule has 9 heteroatoms. The third-order valence-corrected chi connectivity index (χ3v) is 3.79. The van der Waals surface area contributed by atoms with Crippen LogP contribution in [-0.2, 0) is 4.74 Å². The lowest BCUT2D eigenvalue weighted by Gasteiger charge is -2.29. The molecule has 7 nitrogen and oxygen atoms in total. The number of ether oxygens (including phenoxy) is 1. The lowest BCUT2D eigenvalue weighted by Crippen LogP contribution is -2.41. The minimum atomic E-state index is -0.654. The van der Waals surface area contributed by atoms with Gasteiger partial charge in [0.2, 0.25) is 0 Å². The molecule has 1 heterocycles. The second-order valence-corrected chi connectivity index (χ2v) is 5.98. The normalized spacial score (nSPS) is 16.3. The van der Waals surface area contributed by atoms with Gasteiger partial charge in [-0.05, 0) is 18.2 Å². The van der Waals surface area contributed by atoms with E-state index >= 15 is 0 Å². The number of hydrogen-bond acceptors (Lipinski definition) is 6. The smallest absolute Gasteiger partial charge is 0.181 e. The summed E-state index contributed by atoms with van der Waals surface area (Å²) < 4.78 is 20.0. The Hall–Kier alpha value is -2.39. The van der Waals surface area contributed by atoms with Crippen molar-refractivity contribution in [3.63, 3.8) is 0 Å². The molecule has 0 bridgehead atoms. The molecule has 134 valence electrons. The fraction of sp³-hybridized carbons (Fsp3) is 0.250. The quantitative estimate of drug-likeness (QED) is 0.391. The second kappa shape index (κ2) is 9.19. The number of nitrogens with two attached hydrogens (primary N) is 1. The molecule has 1 saturated heterocycles. The molecule has 0 aromatic heterocycles. The fourth-order valence-electron chi connectivity index (χ4n) is 2.08. The van der Waals surface area contributed by atoms with E-state index in [0.717, 1.165) is 10.7 Å². The molecule has 0 spiro atoms. The number of hydrogen-bond donors (Lipinski definition) is 3. The number of rotatable bonds is 5. The summed E-state index contributed by atoms with van der Waals surface area (Å²) in [5.74, 6) is -0.375. The Morgan fingerprint density at radius 2 is 2.16 bits per heavy atom. The van der Waals surface area contributed by atoms with Gasteiger partial charge in [0.1, 0.15) is 11.6 Å². The monoisotopic (exact) mass is 411 g/mol. The van der Waals surface area contributed by atoms with Crippen LogP contribution in [0.5, 0.6) is 5.75 Å². The summed E-state index contributed by atoms with van der Waals surface area (Å²) in [6, 6.07) is 4.94. The number of phenols is 1. The van der Waals surface area contributed by atoms with Crippen molar-refractivity contribution in [1.29, 1.82) is 0 Å². The Bertz CT molecular complexity index is 714. The number of morpholine rings is 1. The van der Waals surface area contributed by atoms with Crippen LogP contribution in [0.15, 0.2) is 57.2 Å². The summed E-state index contributed by atoms with van der Waals surface area (Å²) in [4.78, 5) is 5.84. The van der Waals surface area contributed by atoms with Gasteiger partial charge in [0, 0.05) is 29.3 Å². The van der Waals surface area contributed by atoms with Crippen molar-refractivity contribution in [3.8, 4) is 5.75 Å². The van der Waals surface area contributed by atoms with Crippen molar-refractivity contribution < 1.29 is 14.2 Å². The summed E-state index contributed by atoms with van der Waals surface area (Å²) in [6.45, 7) is 5.67. The maximum Gasteiger partial charge on any atom is 0.181 e. The minimum Gasteiger partial charge on any atom is -0.507 e. The maximum atomic E-state index is 14.0. The highest BCUT2D eigenvalue weighted by Gasteiger charge is 2.19. The molecule has 0 unspecified atom stereocenters. The highest BCUT2D eigenvalue weighted by molar-refractivity contribution is 9.10. The van der Waals surface area contributed by atoms with Gasteiger partial charge in [-0.25, -0.2) is 9.38 Å². The Kier molecular flexibility index (Phi) is 6.96. The molecule has 0 atom stereocenters. The van der Waals surface area contributed by atoms with Crippen LogP contribution in [0, 0.1) is 0 Å². The number of aliphatic imine (C=N–C) groups is 1. The zero-order chi connectivity index (χ0) is 18.2. The number of benzene rings is 1. The summed E-state index contributed by atoms with van der Waals surface area (Å²) in [5, 5.41) is 13.7. The van der Waals surface area contributed by atoms with Gasteiger partial charge in [-0.15, -0.1) is 0 Å². The molecule has 4 N–H and O–H groups in total. The molecule has 0 aliphatic carbocycles. The third-order valence-electron chi connectivity index (χ3n) is 3.30. The molecule has 1 aromatic carbocycles. The van der Waals surface area contributed by atoms with E-state index in [4.69, 9.17) is 10.5 Å². The molecular formula is C16H19BrFN5O2. The Labute approximate surface area is 153 Å². The van der Waals surface area contributed by atoms with Gasteiger partial charge in [-0.1, -0.05) is 22.5 Å². The highest BCUT2D eigenvalue weighted by Crippen LogP contribution is 2.20. The van der Waals surface area contributed by atoms with Crippen LogP contribution in [0.1, 0.15) is 5.56 Å². The molecule has 0 amide bonds. The van der Waals surface area contributed by atoms with Crippen LogP contribution in [0.2, 0.25) is 0 Å². The number of hydrazone groups is 1. The lowest BCUT2D eigenvalue weighted by atomic mass is 10.2. The van der Waals surface area contributed by atoms with Crippen molar-refractivity contribution in [2.75, 3.05) is 26.3 Å². The first-order chi connectivity index (χ1) is 12.0.